The summed E-state index contributed by atoms with van der Waals surface area (Å²) in [6.07, 6.45) is 5.22. The lowest BCUT2D eigenvalue weighted by Crippen LogP contribution is -2.39. The molecule has 0 aromatic carbocycles. The van der Waals surface area contributed by atoms with Gasteiger partial charge in [-0.15, -0.1) is 0 Å². The topological polar surface area (TPSA) is 37.3 Å². The third-order valence-corrected chi connectivity index (χ3v) is 4.91. The summed E-state index contributed by atoms with van der Waals surface area (Å²) in [5.74, 6) is 1.68. The first-order valence-electron chi connectivity index (χ1n) is 6.23. The van der Waals surface area contributed by atoms with Crippen molar-refractivity contribution in [3.63, 3.8) is 0 Å². The van der Waals surface area contributed by atoms with Crippen LogP contribution >= 0.6 is 0 Å². The van der Waals surface area contributed by atoms with Crippen molar-refractivity contribution in [3.8, 4) is 0 Å². The summed E-state index contributed by atoms with van der Waals surface area (Å²) >= 11 is 0. The molecule has 2 aliphatic carbocycles. The van der Waals surface area contributed by atoms with Gasteiger partial charge in [0.15, 0.2) is 0 Å². The number of aliphatic hydroxyl groups is 1. The molecule has 0 heterocycles. The van der Waals surface area contributed by atoms with Gasteiger partial charge in [0.05, 0.1) is 0 Å². The van der Waals surface area contributed by atoms with E-state index in [1.54, 1.807) is 0 Å². The highest BCUT2D eigenvalue weighted by molar-refractivity contribution is 5.83. The van der Waals surface area contributed by atoms with Crippen LogP contribution in [0.4, 0.5) is 0 Å². The van der Waals surface area contributed by atoms with Crippen LogP contribution in [-0.4, -0.2) is 17.5 Å². The number of rotatable bonds is 2. The van der Waals surface area contributed by atoms with Crippen LogP contribution in [0.5, 0.6) is 0 Å². The van der Waals surface area contributed by atoms with E-state index in [2.05, 4.69) is 13.8 Å². The van der Waals surface area contributed by atoms with E-state index < -0.39 is 0 Å². The molecule has 2 rings (SSSR count). The predicted molar refractivity (Wildman–Crippen MR) is 59.4 cm³/mol. The van der Waals surface area contributed by atoms with E-state index in [9.17, 15) is 9.90 Å². The lowest BCUT2D eigenvalue weighted by Gasteiger charge is -2.41. The number of fused-ring (bicyclic) bond motifs is 1. The summed E-state index contributed by atoms with van der Waals surface area (Å²) in [6, 6.07) is 0. The SMILES string of the molecule is C[C@H](CO)[C@H]1CC[C@H]2C(=O)CCC[C@]12C. The highest BCUT2D eigenvalue weighted by Gasteiger charge is 2.52. The summed E-state index contributed by atoms with van der Waals surface area (Å²) < 4.78 is 0. The predicted octanol–water partition coefficient (Wildman–Crippen LogP) is 2.40. The maximum atomic E-state index is 11.9. The van der Waals surface area contributed by atoms with E-state index in [0.717, 1.165) is 25.7 Å². The minimum Gasteiger partial charge on any atom is -0.396 e. The minimum absolute atomic E-state index is 0.192. The summed E-state index contributed by atoms with van der Waals surface area (Å²) in [6.45, 7) is 4.66. The van der Waals surface area contributed by atoms with Gasteiger partial charge in [-0.3, -0.25) is 4.79 Å². The van der Waals surface area contributed by atoms with Crippen LogP contribution in [0, 0.1) is 23.2 Å². The Morgan fingerprint density at radius 1 is 1.53 bits per heavy atom. The van der Waals surface area contributed by atoms with Gasteiger partial charge in [-0.25, -0.2) is 0 Å². The fourth-order valence-corrected chi connectivity index (χ4v) is 4.03. The Kier molecular flexibility index (Phi) is 2.89. The molecule has 0 amide bonds. The molecule has 0 radical (unpaired) electrons. The average Bonchev–Trinajstić information content (AvgIpc) is 2.56. The average molecular weight is 210 g/mol. The lowest BCUT2D eigenvalue weighted by atomic mass is 9.62. The molecular weight excluding hydrogens is 188 g/mol. The smallest absolute Gasteiger partial charge is 0.136 e. The van der Waals surface area contributed by atoms with Gasteiger partial charge in [-0.2, -0.15) is 0 Å². The van der Waals surface area contributed by atoms with Crippen molar-refractivity contribution in [2.24, 2.45) is 23.2 Å². The molecule has 0 spiro atoms. The highest BCUT2D eigenvalue weighted by atomic mass is 16.3. The van der Waals surface area contributed by atoms with Gasteiger partial charge in [0, 0.05) is 18.9 Å². The highest BCUT2D eigenvalue weighted by Crippen LogP contribution is 2.56. The Bertz CT molecular complexity index is 261. The van der Waals surface area contributed by atoms with Crippen LogP contribution in [0.2, 0.25) is 0 Å². The molecule has 0 unspecified atom stereocenters. The van der Waals surface area contributed by atoms with Crippen molar-refractivity contribution in [1.82, 2.24) is 0 Å². The molecule has 2 nitrogen and oxygen atoms in total. The zero-order valence-corrected chi connectivity index (χ0v) is 9.83. The van der Waals surface area contributed by atoms with Crippen molar-refractivity contribution in [2.75, 3.05) is 6.61 Å². The van der Waals surface area contributed by atoms with Gasteiger partial charge in [-0.1, -0.05) is 13.8 Å². The fourth-order valence-electron chi connectivity index (χ4n) is 4.03. The van der Waals surface area contributed by atoms with E-state index in [1.807, 2.05) is 0 Å². The number of Topliss-reactive ketones (excluding diaryl/α,β-unsaturated/α-hetero) is 1. The van der Waals surface area contributed by atoms with E-state index in [1.165, 1.54) is 6.42 Å². The zero-order chi connectivity index (χ0) is 11.1. The van der Waals surface area contributed by atoms with E-state index in [-0.39, 0.29) is 12.0 Å². The van der Waals surface area contributed by atoms with Crippen LogP contribution in [0.25, 0.3) is 0 Å². The fraction of sp³-hybridized carbons (Fsp3) is 0.923. The summed E-state index contributed by atoms with van der Waals surface area (Å²) in [5, 5.41) is 9.28. The molecule has 1 N–H and O–H groups in total. The second kappa shape index (κ2) is 3.89. The maximum absolute atomic E-state index is 11.9. The van der Waals surface area contributed by atoms with Gasteiger partial charge in [0.25, 0.3) is 0 Å². The number of ketones is 1. The van der Waals surface area contributed by atoms with E-state index in [0.29, 0.717) is 23.5 Å². The van der Waals surface area contributed by atoms with Gasteiger partial charge in [-0.05, 0) is 42.9 Å². The Labute approximate surface area is 92.1 Å². The Morgan fingerprint density at radius 2 is 2.27 bits per heavy atom. The van der Waals surface area contributed by atoms with Crippen molar-refractivity contribution in [2.45, 2.75) is 46.0 Å². The van der Waals surface area contributed by atoms with Crippen LogP contribution < -0.4 is 0 Å². The third-order valence-electron chi connectivity index (χ3n) is 4.91. The molecule has 15 heavy (non-hydrogen) atoms. The molecule has 0 aromatic heterocycles. The maximum Gasteiger partial charge on any atom is 0.136 e. The molecule has 86 valence electrons. The van der Waals surface area contributed by atoms with Crippen molar-refractivity contribution in [3.05, 3.63) is 0 Å². The standard InChI is InChI=1S/C13H22O2/c1-9(8-14)10-5-6-11-12(15)4-3-7-13(10,11)2/h9-11,14H,3-8H2,1-2H3/t9-,10-,11+,13-/m1/s1. The molecule has 2 aliphatic rings. The second-order valence-corrected chi connectivity index (χ2v) is 5.72. The Morgan fingerprint density at radius 3 is 2.93 bits per heavy atom. The quantitative estimate of drug-likeness (QED) is 0.760. The van der Waals surface area contributed by atoms with Gasteiger partial charge < -0.3 is 5.11 Å². The normalized spacial score (nSPS) is 42.7. The Hall–Kier alpha value is -0.370. The third kappa shape index (κ3) is 1.63. The number of carbonyl (C=O) groups excluding carboxylic acids is 1. The molecule has 0 saturated heterocycles. The van der Waals surface area contributed by atoms with Crippen molar-refractivity contribution >= 4 is 5.78 Å². The van der Waals surface area contributed by atoms with Gasteiger partial charge >= 0.3 is 0 Å². The molecule has 0 aromatic rings. The Balaban J connectivity index is 2.21. The molecule has 0 aliphatic heterocycles. The van der Waals surface area contributed by atoms with Crippen LogP contribution in [0.3, 0.4) is 0 Å². The number of hydrogen-bond donors (Lipinski definition) is 1. The molecular formula is C13H22O2. The largest absolute Gasteiger partial charge is 0.396 e. The first kappa shape index (κ1) is 11.1. The first-order chi connectivity index (χ1) is 7.09. The number of carbonyl (C=O) groups is 1. The summed E-state index contributed by atoms with van der Waals surface area (Å²) in [5.41, 5.74) is 0.192. The molecule has 2 heteroatoms. The van der Waals surface area contributed by atoms with Crippen molar-refractivity contribution < 1.29 is 9.90 Å². The number of aliphatic hydroxyl groups excluding tert-OH is 1. The first-order valence-corrected chi connectivity index (χ1v) is 6.23. The lowest BCUT2D eigenvalue weighted by molar-refractivity contribution is -0.130. The molecule has 0 bridgehead atoms. The number of hydrogen-bond acceptors (Lipinski definition) is 2. The van der Waals surface area contributed by atoms with E-state index >= 15 is 0 Å². The summed E-state index contributed by atoms with van der Waals surface area (Å²) in [4.78, 5) is 11.9. The molecule has 2 saturated carbocycles. The van der Waals surface area contributed by atoms with Gasteiger partial charge in [0.2, 0.25) is 0 Å². The van der Waals surface area contributed by atoms with Crippen LogP contribution in [0.1, 0.15) is 46.0 Å². The monoisotopic (exact) mass is 210 g/mol. The minimum atomic E-state index is 0.192. The van der Waals surface area contributed by atoms with Crippen LogP contribution in [-0.2, 0) is 4.79 Å². The van der Waals surface area contributed by atoms with Gasteiger partial charge in [0.1, 0.15) is 5.78 Å². The van der Waals surface area contributed by atoms with E-state index in [4.69, 9.17) is 0 Å². The van der Waals surface area contributed by atoms with Crippen molar-refractivity contribution in [1.29, 1.82) is 0 Å². The van der Waals surface area contributed by atoms with Crippen LogP contribution in [0.15, 0.2) is 0 Å². The zero-order valence-electron chi connectivity index (χ0n) is 9.83. The molecule has 4 atom stereocenters. The summed E-state index contributed by atoms with van der Waals surface area (Å²) in [7, 11) is 0. The second-order valence-electron chi connectivity index (χ2n) is 5.72. The molecule has 2 fully saturated rings.